The fraction of sp³-hybridized carbons (Fsp3) is 0.833. The van der Waals surface area contributed by atoms with Gasteiger partial charge in [0.15, 0.2) is 6.29 Å². The topological polar surface area (TPSA) is 96.9 Å². The van der Waals surface area contributed by atoms with Crippen molar-refractivity contribution < 1.29 is 24.2 Å². The Labute approximate surface area is 112 Å². The van der Waals surface area contributed by atoms with Gasteiger partial charge in [0.2, 0.25) is 5.91 Å². The number of hydrogen-bond donors (Lipinski definition) is 3. The number of rotatable bonds is 5. The summed E-state index contributed by atoms with van der Waals surface area (Å²) in [6.45, 7) is 4.31. The smallest absolute Gasteiger partial charge is 0.407 e. The van der Waals surface area contributed by atoms with Crippen LogP contribution in [0.3, 0.4) is 0 Å². The van der Waals surface area contributed by atoms with Gasteiger partial charge in [-0.2, -0.15) is 0 Å². The molecule has 0 aliphatic carbocycles. The van der Waals surface area contributed by atoms with Crippen LogP contribution < -0.4 is 10.6 Å². The van der Waals surface area contributed by atoms with E-state index >= 15 is 0 Å². The van der Waals surface area contributed by atoms with Gasteiger partial charge >= 0.3 is 6.09 Å². The van der Waals surface area contributed by atoms with Crippen molar-refractivity contribution in [2.24, 2.45) is 5.92 Å². The number of carbonyl (C=O) groups excluding carboxylic acids is 2. The summed E-state index contributed by atoms with van der Waals surface area (Å²) >= 11 is 0. The molecule has 0 spiro atoms. The monoisotopic (exact) mass is 274 g/mol. The Hall–Kier alpha value is -1.34. The lowest BCUT2D eigenvalue weighted by atomic mass is 10.0. The zero-order valence-corrected chi connectivity index (χ0v) is 11.5. The number of carbonyl (C=O) groups is 2. The van der Waals surface area contributed by atoms with Gasteiger partial charge < -0.3 is 25.2 Å². The summed E-state index contributed by atoms with van der Waals surface area (Å²) in [6.07, 6.45) is -0.588. The second-order valence-electron chi connectivity index (χ2n) is 4.98. The molecule has 3 N–H and O–H groups in total. The van der Waals surface area contributed by atoms with Crippen molar-refractivity contribution in [2.45, 2.75) is 45.1 Å². The minimum Gasteiger partial charge on any atom is -0.453 e. The van der Waals surface area contributed by atoms with Gasteiger partial charge in [-0.05, 0) is 18.8 Å². The molecule has 1 heterocycles. The lowest BCUT2D eigenvalue weighted by Gasteiger charge is -2.22. The van der Waals surface area contributed by atoms with Crippen LogP contribution in [0.5, 0.6) is 0 Å². The fourth-order valence-electron chi connectivity index (χ4n) is 1.91. The van der Waals surface area contributed by atoms with E-state index in [1.54, 1.807) is 0 Å². The zero-order chi connectivity index (χ0) is 14.4. The van der Waals surface area contributed by atoms with Crippen LogP contribution in [0.15, 0.2) is 0 Å². The molecule has 1 fully saturated rings. The van der Waals surface area contributed by atoms with Crippen molar-refractivity contribution in [3.63, 3.8) is 0 Å². The van der Waals surface area contributed by atoms with E-state index in [0.29, 0.717) is 19.4 Å². The highest BCUT2D eigenvalue weighted by Gasteiger charge is 2.31. The molecule has 1 aliphatic heterocycles. The van der Waals surface area contributed by atoms with Crippen molar-refractivity contribution in [2.75, 3.05) is 13.7 Å². The van der Waals surface area contributed by atoms with Crippen molar-refractivity contribution in [1.82, 2.24) is 10.6 Å². The molecule has 0 saturated carbocycles. The number of aliphatic hydroxyl groups is 1. The Morgan fingerprint density at radius 3 is 2.63 bits per heavy atom. The van der Waals surface area contributed by atoms with E-state index in [0.717, 1.165) is 0 Å². The van der Waals surface area contributed by atoms with E-state index < -0.39 is 24.5 Å². The molecule has 1 saturated heterocycles. The van der Waals surface area contributed by atoms with Gasteiger partial charge in [-0.1, -0.05) is 13.8 Å². The van der Waals surface area contributed by atoms with Crippen LogP contribution >= 0.6 is 0 Å². The van der Waals surface area contributed by atoms with Crippen LogP contribution in [-0.2, 0) is 14.3 Å². The molecule has 0 radical (unpaired) electrons. The van der Waals surface area contributed by atoms with E-state index in [4.69, 9.17) is 4.74 Å². The highest BCUT2D eigenvalue weighted by Crippen LogP contribution is 2.12. The standard InChI is InChI=1S/C12H22N2O5/c1-7(2)6-9(14-12(17)18-3)10(15)13-8-4-5-19-11(8)16/h7-9,11,16H,4-6H2,1-3H3,(H,13,15)(H,14,17). The second-order valence-corrected chi connectivity index (χ2v) is 4.98. The summed E-state index contributed by atoms with van der Waals surface area (Å²) in [6, 6.07) is -1.11. The molecule has 3 unspecified atom stereocenters. The predicted octanol–water partition coefficient (Wildman–Crippen LogP) is -0.0194. The van der Waals surface area contributed by atoms with Crippen LogP contribution in [0.2, 0.25) is 0 Å². The summed E-state index contributed by atoms with van der Waals surface area (Å²) in [7, 11) is 1.24. The van der Waals surface area contributed by atoms with E-state index in [-0.39, 0.29) is 11.8 Å². The van der Waals surface area contributed by atoms with Crippen LogP contribution in [0.4, 0.5) is 4.79 Å². The second kappa shape index (κ2) is 7.30. The fourth-order valence-corrected chi connectivity index (χ4v) is 1.91. The number of amides is 2. The van der Waals surface area contributed by atoms with Crippen LogP contribution in [-0.4, -0.2) is 49.2 Å². The first-order chi connectivity index (χ1) is 8.93. The minimum absolute atomic E-state index is 0.234. The Balaban J connectivity index is 2.57. The van der Waals surface area contributed by atoms with Gasteiger partial charge in [-0.3, -0.25) is 4.79 Å². The van der Waals surface area contributed by atoms with Crippen LogP contribution in [0, 0.1) is 5.92 Å². The molecule has 0 aromatic heterocycles. The van der Waals surface area contributed by atoms with E-state index in [1.165, 1.54) is 7.11 Å². The maximum Gasteiger partial charge on any atom is 0.407 e. The number of alkyl carbamates (subject to hydrolysis) is 1. The van der Waals surface area contributed by atoms with Crippen molar-refractivity contribution in [1.29, 1.82) is 0 Å². The maximum atomic E-state index is 12.1. The Bertz CT molecular complexity index is 321. The first-order valence-corrected chi connectivity index (χ1v) is 6.38. The molecule has 0 aromatic rings. The number of hydrogen-bond acceptors (Lipinski definition) is 5. The SMILES string of the molecule is COC(=O)NC(CC(C)C)C(=O)NC1CCOC1O. The summed E-state index contributed by atoms with van der Waals surface area (Å²) < 4.78 is 9.46. The molecular weight excluding hydrogens is 252 g/mol. The molecule has 0 bridgehead atoms. The largest absolute Gasteiger partial charge is 0.453 e. The number of ether oxygens (including phenoxy) is 2. The first-order valence-electron chi connectivity index (χ1n) is 6.38. The molecule has 2 amide bonds. The van der Waals surface area contributed by atoms with Gasteiger partial charge in [0, 0.05) is 0 Å². The molecule has 19 heavy (non-hydrogen) atoms. The van der Waals surface area contributed by atoms with Gasteiger partial charge in [0.1, 0.15) is 6.04 Å². The van der Waals surface area contributed by atoms with Crippen LogP contribution in [0.1, 0.15) is 26.7 Å². The Kier molecular flexibility index (Phi) is 6.04. The maximum absolute atomic E-state index is 12.1. The molecule has 0 aromatic carbocycles. The third-order valence-corrected chi connectivity index (χ3v) is 2.89. The summed E-state index contributed by atoms with van der Waals surface area (Å²) in [4.78, 5) is 23.3. The zero-order valence-electron chi connectivity index (χ0n) is 11.5. The molecule has 110 valence electrons. The number of aliphatic hydroxyl groups excluding tert-OH is 1. The average molecular weight is 274 g/mol. The molecule has 7 nitrogen and oxygen atoms in total. The van der Waals surface area contributed by atoms with E-state index in [9.17, 15) is 14.7 Å². The lowest BCUT2D eigenvalue weighted by molar-refractivity contribution is -0.127. The molecule has 1 aliphatic rings. The van der Waals surface area contributed by atoms with Gasteiger partial charge in [-0.25, -0.2) is 4.79 Å². The molecule has 7 heteroatoms. The Morgan fingerprint density at radius 2 is 2.16 bits per heavy atom. The quantitative estimate of drug-likeness (QED) is 0.654. The van der Waals surface area contributed by atoms with Crippen molar-refractivity contribution >= 4 is 12.0 Å². The molecular formula is C12H22N2O5. The third-order valence-electron chi connectivity index (χ3n) is 2.89. The third kappa shape index (κ3) is 5.04. The van der Waals surface area contributed by atoms with E-state index in [2.05, 4.69) is 15.4 Å². The minimum atomic E-state index is -0.984. The van der Waals surface area contributed by atoms with Crippen molar-refractivity contribution in [3.05, 3.63) is 0 Å². The normalized spacial score (nSPS) is 24.1. The van der Waals surface area contributed by atoms with Crippen molar-refractivity contribution in [3.8, 4) is 0 Å². The lowest BCUT2D eigenvalue weighted by Crippen LogP contribution is -2.51. The number of methoxy groups -OCH3 is 1. The first kappa shape index (κ1) is 15.7. The Morgan fingerprint density at radius 1 is 1.47 bits per heavy atom. The summed E-state index contributed by atoms with van der Waals surface area (Å²) in [5.74, 6) is -0.105. The van der Waals surface area contributed by atoms with Gasteiger partial charge in [-0.15, -0.1) is 0 Å². The highest BCUT2D eigenvalue weighted by atomic mass is 16.6. The summed E-state index contributed by atoms with van der Waals surface area (Å²) in [5.41, 5.74) is 0. The highest BCUT2D eigenvalue weighted by molar-refractivity contribution is 5.85. The van der Waals surface area contributed by atoms with E-state index in [1.807, 2.05) is 13.8 Å². The van der Waals surface area contributed by atoms with Crippen LogP contribution in [0.25, 0.3) is 0 Å². The molecule has 1 rings (SSSR count). The summed E-state index contributed by atoms with van der Waals surface area (Å²) in [5, 5.41) is 14.7. The van der Waals surface area contributed by atoms with Gasteiger partial charge in [0.25, 0.3) is 0 Å². The molecule has 3 atom stereocenters. The average Bonchev–Trinajstić information content (AvgIpc) is 2.73. The van der Waals surface area contributed by atoms with Gasteiger partial charge in [0.05, 0.1) is 19.8 Å². The number of nitrogens with one attached hydrogen (secondary N) is 2. The predicted molar refractivity (Wildman–Crippen MR) is 67.3 cm³/mol.